The first kappa shape index (κ1) is 10.8. The minimum absolute atomic E-state index is 0.113. The largest absolute Gasteiger partial charge is 0.485 e. The summed E-state index contributed by atoms with van der Waals surface area (Å²) < 4.78 is 11.6. The predicted octanol–water partition coefficient (Wildman–Crippen LogP) is 2.25. The lowest BCUT2D eigenvalue weighted by atomic mass is 10.2. The second-order valence-corrected chi connectivity index (χ2v) is 4.81. The Morgan fingerprint density at radius 1 is 1.18 bits per heavy atom. The van der Waals surface area contributed by atoms with Crippen LogP contribution < -0.4 is 9.47 Å². The standard InChI is InChI=1S/C13H15NO2S/c17-13(14-7-3-4-8-14)12-9-15-10-5-1-2-6-11(10)16-12/h1-2,5-6,12H,3-4,7-9H2/t12-/m0/s1. The van der Waals surface area contributed by atoms with Gasteiger partial charge in [0.15, 0.2) is 17.6 Å². The second kappa shape index (κ2) is 4.53. The van der Waals surface area contributed by atoms with Crippen LogP contribution in [-0.4, -0.2) is 35.7 Å². The molecule has 0 radical (unpaired) electrons. The van der Waals surface area contributed by atoms with Gasteiger partial charge in [-0.2, -0.15) is 0 Å². The summed E-state index contributed by atoms with van der Waals surface area (Å²) in [7, 11) is 0. The van der Waals surface area contributed by atoms with Crippen molar-refractivity contribution in [2.24, 2.45) is 0 Å². The van der Waals surface area contributed by atoms with E-state index in [0.29, 0.717) is 6.61 Å². The van der Waals surface area contributed by atoms with Crippen LogP contribution in [0.5, 0.6) is 11.5 Å². The van der Waals surface area contributed by atoms with Crippen LogP contribution in [-0.2, 0) is 0 Å². The number of benzene rings is 1. The van der Waals surface area contributed by atoms with E-state index in [1.54, 1.807) is 0 Å². The molecule has 90 valence electrons. The molecule has 0 saturated carbocycles. The number of fused-ring (bicyclic) bond motifs is 1. The molecular formula is C13H15NO2S. The molecule has 0 aromatic heterocycles. The van der Waals surface area contributed by atoms with Gasteiger partial charge in [-0.3, -0.25) is 0 Å². The maximum absolute atomic E-state index is 5.90. The molecule has 0 amide bonds. The van der Waals surface area contributed by atoms with E-state index in [0.717, 1.165) is 29.6 Å². The van der Waals surface area contributed by atoms with Gasteiger partial charge >= 0.3 is 0 Å². The third kappa shape index (κ3) is 2.09. The Morgan fingerprint density at radius 2 is 1.88 bits per heavy atom. The number of ether oxygens (including phenoxy) is 2. The van der Waals surface area contributed by atoms with Crippen molar-refractivity contribution in [3.63, 3.8) is 0 Å². The van der Waals surface area contributed by atoms with Gasteiger partial charge in [-0.05, 0) is 25.0 Å². The number of rotatable bonds is 1. The van der Waals surface area contributed by atoms with Crippen LogP contribution in [0.15, 0.2) is 24.3 Å². The Kier molecular flexibility index (Phi) is 2.89. The first-order chi connectivity index (χ1) is 8.34. The van der Waals surface area contributed by atoms with Gasteiger partial charge in [0.05, 0.1) is 0 Å². The summed E-state index contributed by atoms with van der Waals surface area (Å²) >= 11 is 5.48. The molecule has 1 atom stereocenters. The van der Waals surface area contributed by atoms with E-state index in [4.69, 9.17) is 21.7 Å². The summed E-state index contributed by atoms with van der Waals surface area (Å²) in [5.74, 6) is 1.61. The predicted molar refractivity (Wildman–Crippen MR) is 69.8 cm³/mol. The van der Waals surface area contributed by atoms with E-state index < -0.39 is 0 Å². The molecule has 1 fully saturated rings. The molecule has 1 aromatic carbocycles. The Balaban J connectivity index is 1.73. The second-order valence-electron chi connectivity index (χ2n) is 4.40. The number of hydrogen-bond acceptors (Lipinski definition) is 3. The third-order valence-electron chi connectivity index (χ3n) is 3.20. The number of hydrogen-bond donors (Lipinski definition) is 0. The monoisotopic (exact) mass is 249 g/mol. The van der Waals surface area contributed by atoms with E-state index in [-0.39, 0.29) is 6.10 Å². The average molecular weight is 249 g/mol. The smallest absolute Gasteiger partial charge is 0.182 e. The number of para-hydroxylation sites is 2. The van der Waals surface area contributed by atoms with Crippen molar-refractivity contribution < 1.29 is 9.47 Å². The SMILES string of the molecule is S=C([C@@H]1COc2ccccc2O1)N1CCCC1. The highest BCUT2D eigenvalue weighted by atomic mass is 32.1. The summed E-state index contributed by atoms with van der Waals surface area (Å²) in [6, 6.07) is 7.74. The van der Waals surface area contributed by atoms with Crippen LogP contribution in [0.25, 0.3) is 0 Å². The van der Waals surface area contributed by atoms with Crippen LogP contribution in [0.4, 0.5) is 0 Å². The highest BCUT2D eigenvalue weighted by molar-refractivity contribution is 7.80. The molecule has 3 rings (SSSR count). The summed E-state index contributed by atoms with van der Waals surface area (Å²) in [5, 5.41) is 0. The molecule has 3 nitrogen and oxygen atoms in total. The Labute approximate surface area is 106 Å². The molecule has 2 aliphatic rings. The van der Waals surface area contributed by atoms with Crippen LogP contribution in [0.1, 0.15) is 12.8 Å². The van der Waals surface area contributed by atoms with E-state index in [1.807, 2.05) is 24.3 Å². The Hall–Kier alpha value is -1.29. The van der Waals surface area contributed by atoms with Crippen molar-refractivity contribution in [2.75, 3.05) is 19.7 Å². The Morgan fingerprint density at radius 3 is 2.65 bits per heavy atom. The molecular weight excluding hydrogens is 234 g/mol. The molecule has 1 aromatic rings. The molecule has 0 aliphatic carbocycles. The third-order valence-corrected chi connectivity index (χ3v) is 3.72. The maximum Gasteiger partial charge on any atom is 0.182 e. The fraction of sp³-hybridized carbons (Fsp3) is 0.462. The maximum atomic E-state index is 5.90. The van der Waals surface area contributed by atoms with E-state index in [2.05, 4.69) is 4.90 Å². The molecule has 2 aliphatic heterocycles. The summed E-state index contributed by atoms with van der Waals surface area (Å²) in [6.07, 6.45) is 2.34. The average Bonchev–Trinajstić information content (AvgIpc) is 2.91. The van der Waals surface area contributed by atoms with Crippen LogP contribution >= 0.6 is 12.2 Å². The summed E-state index contributed by atoms with van der Waals surface area (Å²) in [4.78, 5) is 3.12. The zero-order valence-electron chi connectivity index (χ0n) is 9.59. The molecule has 2 heterocycles. The summed E-state index contributed by atoms with van der Waals surface area (Å²) in [6.45, 7) is 2.63. The lowest BCUT2D eigenvalue weighted by Gasteiger charge is -2.30. The van der Waals surface area contributed by atoms with E-state index >= 15 is 0 Å². The normalized spacial score (nSPS) is 22.6. The number of likely N-dealkylation sites (tertiary alicyclic amines) is 1. The van der Waals surface area contributed by atoms with Crippen molar-refractivity contribution in [2.45, 2.75) is 18.9 Å². The molecule has 0 bridgehead atoms. The molecule has 1 saturated heterocycles. The van der Waals surface area contributed by atoms with Gasteiger partial charge in [0.25, 0.3) is 0 Å². The van der Waals surface area contributed by atoms with E-state index in [9.17, 15) is 0 Å². The van der Waals surface area contributed by atoms with Gasteiger partial charge in [-0.1, -0.05) is 24.4 Å². The van der Waals surface area contributed by atoms with Gasteiger partial charge < -0.3 is 14.4 Å². The van der Waals surface area contributed by atoms with Gasteiger partial charge in [0.2, 0.25) is 0 Å². The minimum Gasteiger partial charge on any atom is -0.485 e. The molecule has 4 heteroatoms. The fourth-order valence-corrected chi connectivity index (χ4v) is 2.58. The van der Waals surface area contributed by atoms with Crippen LogP contribution in [0.3, 0.4) is 0 Å². The topological polar surface area (TPSA) is 21.7 Å². The first-order valence-corrected chi connectivity index (χ1v) is 6.43. The van der Waals surface area contributed by atoms with Crippen LogP contribution in [0, 0.1) is 0 Å². The molecule has 0 spiro atoms. The first-order valence-electron chi connectivity index (χ1n) is 6.02. The van der Waals surface area contributed by atoms with Gasteiger partial charge in [0.1, 0.15) is 11.6 Å². The fourth-order valence-electron chi connectivity index (χ4n) is 2.28. The van der Waals surface area contributed by atoms with Gasteiger partial charge in [-0.25, -0.2) is 0 Å². The minimum atomic E-state index is -0.113. The van der Waals surface area contributed by atoms with Crippen molar-refractivity contribution in [1.82, 2.24) is 4.90 Å². The number of thiocarbonyl (C=S) groups is 1. The highest BCUT2D eigenvalue weighted by Gasteiger charge is 2.28. The highest BCUT2D eigenvalue weighted by Crippen LogP contribution is 2.31. The zero-order chi connectivity index (χ0) is 11.7. The van der Waals surface area contributed by atoms with Gasteiger partial charge in [0, 0.05) is 13.1 Å². The zero-order valence-corrected chi connectivity index (χ0v) is 10.4. The summed E-state index contributed by atoms with van der Waals surface area (Å²) in [5.41, 5.74) is 0. The molecule has 0 N–H and O–H groups in total. The van der Waals surface area contributed by atoms with Crippen molar-refractivity contribution in [1.29, 1.82) is 0 Å². The Bertz CT molecular complexity index is 429. The quantitative estimate of drug-likeness (QED) is 0.712. The van der Waals surface area contributed by atoms with Crippen molar-refractivity contribution in [3.8, 4) is 11.5 Å². The molecule has 0 unspecified atom stereocenters. The lowest BCUT2D eigenvalue weighted by Crippen LogP contribution is -2.44. The molecule has 17 heavy (non-hydrogen) atoms. The van der Waals surface area contributed by atoms with E-state index in [1.165, 1.54) is 12.8 Å². The lowest BCUT2D eigenvalue weighted by molar-refractivity contribution is 0.128. The van der Waals surface area contributed by atoms with Gasteiger partial charge in [-0.15, -0.1) is 0 Å². The van der Waals surface area contributed by atoms with Crippen molar-refractivity contribution >= 4 is 17.2 Å². The van der Waals surface area contributed by atoms with Crippen LogP contribution in [0.2, 0.25) is 0 Å². The van der Waals surface area contributed by atoms with Crippen molar-refractivity contribution in [3.05, 3.63) is 24.3 Å². The number of nitrogens with zero attached hydrogens (tertiary/aromatic N) is 1.